The van der Waals surface area contributed by atoms with E-state index in [1.165, 1.54) is 12.5 Å². The molecule has 0 aliphatic carbocycles. The van der Waals surface area contributed by atoms with Gasteiger partial charge in [0.25, 0.3) is 0 Å². The lowest BCUT2D eigenvalue weighted by Gasteiger charge is -2.02. The minimum Gasteiger partial charge on any atom is -0.320 e. The van der Waals surface area contributed by atoms with Crippen molar-refractivity contribution in [1.82, 2.24) is 5.32 Å². The van der Waals surface area contributed by atoms with Crippen molar-refractivity contribution >= 4 is 0 Å². The van der Waals surface area contributed by atoms with Crippen LogP contribution in [0, 0.1) is 5.82 Å². The Morgan fingerprint density at radius 1 is 1.14 bits per heavy atom. The van der Waals surface area contributed by atoms with Gasteiger partial charge in [0.05, 0.1) is 0 Å². The molecule has 1 aromatic carbocycles. The number of benzene rings is 1. The molecule has 0 saturated carbocycles. The van der Waals surface area contributed by atoms with E-state index in [0.717, 1.165) is 31.4 Å². The maximum atomic E-state index is 13.2. The van der Waals surface area contributed by atoms with Crippen LogP contribution >= 0.6 is 0 Å². The van der Waals surface area contributed by atoms with E-state index in [0.29, 0.717) is 0 Å². The van der Waals surface area contributed by atoms with Crippen LogP contribution < -0.4 is 5.32 Å². The zero-order chi connectivity index (χ0) is 10.2. The first kappa shape index (κ1) is 11.2. The Balaban J connectivity index is 2.21. The molecule has 0 spiro atoms. The normalized spacial score (nSPS) is 10.4. The molecule has 0 bridgehead atoms. The molecule has 0 heterocycles. The third-order valence-electron chi connectivity index (χ3n) is 2.33. The Bertz CT molecular complexity index is 260. The van der Waals surface area contributed by atoms with Gasteiger partial charge in [-0.25, -0.2) is 4.39 Å². The molecule has 1 N–H and O–H groups in total. The fourth-order valence-electron chi connectivity index (χ4n) is 1.50. The zero-order valence-corrected chi connectivity index (χ0v) is 8.72. The molecule has 0 radical (unpaired) electrons. The highest BCUT2D eigenvalue weighted by Gasteiger charge is 1.99. The molecule has 14 heavy (non-hydrogen) atoms. The molecule has 0 aromatic heterocycles. The predicted octanol–water partition coefficient (Wildman–Crippen LogP) is 2.76. The van der Waals surface area contributed by atoms with Crippen molar-refractivity contribution in [3.8, 4) is 0 Å². The molecule has 2 heteroatoms. The van der Waals surface area contributed by atoms with E-state index in [1.807, 2.05) is 19.2 Å². The van der Waals surface area contributed by atoms with Crippen molar-refractivity contribution in [2.24, 2.45) is 0 Å². The van der Waals surface area contributed by atoms with Crippen LogP contribution in [0.2, 0.25) is 0 Å². The van der Waals surface area contributed by atoms with Crippen LogP contribution in [0.4, 0.5) is 4.39 Å². The number of hydrogen-bond donors (Lipinski definition) is 1. The lowest BCUT2D eigenvalue weighted by molar-refractivity contribution is 0.591. The van der Waals surface area contributed by atoms with E-state index in [9.17, 15) is 4.39 Å². The average Bonchev–Trinajstić information content (AvgIpc) is 2.20. The largest absolute Gasteiger partial charge is 0.320 e. The molecule has 1 rings (SSSR count). The highest BCUT2D eigenvalue weighted by molar-refractivity contribution is 5.17. The fraction of sp³-hybridized carbons (Fsp3) is 0.500. The van der Waals surface area contributed by atoms with Crippen LogP contribution in [0.3, 0.4) is 0 Å². The first-order valence-corrected chi connectivity index (χ1v) is 5.22. The molecule has 0 atom stereocenters. The second kappa shape index (κ2) is 6.55. The number of aryl methyl sites for hydroxylation is 1. The molecular weight excluding hydrogens is 177 g/mol. The van der Waals surface area contributed by atoms with Crippen LogP contribution in [0.1, 0.15) is 24.8 Å². The standard InChI is InChI=1S/C12H18FN/c1-14-10-6-2-3-7-11-8-4-5-9-12(11)13/h4-5,8-9,14H,2-3,6-7,10H2,1H3. The van der Waals surface area contributed by atoms with Crippen molar-refractivity contribution < 1.29 is 4.39 Å². The smallest absolute Gasteiger partial charge is 0.126 e. The SMILES string of the molecule is CNCCCCCc1ccccc1F. The average molecular weight is 195 g/mol. The summed E-state index contributed by atoms with van der Waals surface area (Å²) < 4.78 is 13.2. The molecule has 0 unspecified atom stereocenters. The lowest BCUT2D eigenvalue weighted by atomic mass is 10.1. The Morgan fingerprint density at radius 2 is 1.93 bits per heavy atom. The number of hydrogen-bond acceptors (Lipinski definition) is 1. The zero-order valence-electron chi connectivity index (χ0n) is 8.72. The van der Waals surface area contributed by atoms with E-state index in [-0.39, 0.29) is 5.82 Å². The van der Waals surface area contributed by atoms with Crippen LogP contribution in [0.25, 0.3) is 0 Å². The van der Waals surface area contributed by atoms with Crippen LogP contribution in [0.5, 0.6) is 0 Å². The van der Waals surface area contributed by atoms with Gasteiger partial charge in [-0.3, -0.25) is 0 Å². The second-order valence-electron chi connectivity index (χ2n) is 3.51. The maximum absolute atomic E-state index is 13.2. The third kappa shape index (κ3) is 3.88. The summed E-state index contributed by atoms with van der Waals surface area (Å²) >= 11 is 0. The van der Waals surface area contributed by atoms with Gasteiger partial charge >= 0.3 is 0 Å². The number of nitrogens with one attached hydrogen (secondary N) is 1. The lowest BCUT2D eigenvalue weighted by Crippen LogP contribution is -2.07. The molecule has 0 aliphatic rings. The van der Waals surface area contributed by atoms with Crippen LogP contribution in [0.15, 0.2) is 24.3 Å². The van der Waals surface area contributed by atoms with Gasteiger partial charge in [-0.2, -0.15) is 0 Å². The minimum absolute atomic E-state index is 0.0684. The summed E-state index contributed by atoms with van der Waals surface area (Å²) in [6.45, 7) is 1.05. The monoisotopic (exact) mass is 195 g/mol. The van der Waals surface area contributed by atoms with Crippen molar-refractivity contribution in [3.63, 3.8) is 0 Å². The summed E-state index contributed by atoms with van der Waals surface area (Å²) in [7, 11) is 1.96. The molecular formula is C12H18FN. The Kier molecular flexibility index (Phi) is 5.23. The van der Waals surface area contributed by atoms with Crippen LogP contribution in [-0.4, -0.2) is 13.6 Å². The van der Waals surface area contributed by atoms with Gasteiger partial charge < -0.3 is 5.32 Å². The first-order valence-electron chi connectivity index (χ1n) is 5.22. The van der Waals surface area contributed by atoms with Crippen molar-refractivity contribution in [2.75, 3.05) is 13.6 Å². The van der Waals surface area contributed by atoms with E-state index >= 15 is 0 Å². The molecule has 0 aliphatic heterocycles. The molecule has 78 valence electrons. The van der Waals surface area contributed by atoms with Gasteiger partial charge in [-0.05, 0) is 44.5 Å². The van der Waals surface area contributed by atoms with E-state index < -0.39 is 0 Å². The molecule has 0 saturated heterocycles. The van der Waals surface area contributed by atoms with Gasteiger partial charge in [-0.1, -0.05) is 24.6 Å². The molecule has 1 aromatic rings. The summed E-state index contributed by atoms with van der Waals surface area (Å²) in [5.41, 5.74) is 0.844. The van der Waals surface area contributed by atoms with E-state index in [1.54, 1.807) is 6.07 Å². The Hall–Kier alpha value is -0.890. The number of halogens is 1. The van der Waals surface area contributed by atoms with Gasteiger partial charge in [0.1, 0.15) is 5.82 Å². The van der Waals surface area contributed by atoms with Crippen molar-refractivity contribution in [2.45, 2.75) is 25.7 Å². The second-order valence-corrected chi connectivity index (χ2v) is 3.51. The molecule has 0 amide bonds. The third-order valence-corrected chi connectivity index (χ3v) is 2.33. The maximum Gasteiger partial charge on any atom is 0.126 e. The topological polar surface area (TPSA) is 12.0 Å². The number of rotatable bonds is 6. The van der Waals surface area contributed by atoms with Gasteiger partial charge in [0, 0.05) is 0 Å². The molecule has 1 nitrogen and oxygen atoms in total. The quantitative estimate of drug-likeness (QED) is 0.688. The van der Waals surface area contributed by atoms with Gasteiger partial charge in [0.2, 0.25) is 0 Å². The summed E-state index contributed by atoms with van der Waals surface area (Å²) in [4.78, 5) is 0. The van der Waals surface area contributed by atoms with Crippen molar-refractivity contribution in [3.05, 3.63) is 35.6 Å². The highest BCUT2D eigenvalue weighted by atomic mass is 19.1. The Morgan fingerprint density at radius 3 is 2.64 bits per heavy atom. The van der Waals surface area contributed by atoms with Gasteiger partial charge in [0.15, 0.2) is 0 Å². The van der Waals surface area contributed by atoms with E-state index in [2.05, 4.69) is 5.32 Å². The van der Waals surface area contributed by atoms with E-state index in [4.69, 9.17) is 0 Å². The summed E-state index contributed by atoms with van der Waals surface area (Å²) in [5, 5.41) is 3.10. The fourth-order valence-corrected chi connectivity index (χ4v) is 1.50. The van der Waals surface area contributed by atoms with Crippen molar-refractivity contribution in [1.29, 1.82) is 0 Å². The van der Waals surface area contributed by atoms with Gasteiger partial charge in [-0.15, -0.1) is 0 Å². The van der Waals surface area contributed by atoms with Crippen LogP contribution in [-0.2, 0) is 6.42 Å². The predicted molar refractivity (Wildman–Crippen MR) is 57.9 cm³/mol. The number of unbranched alkanes of at least 4 members (excludes halogenated alkanes) is 2. The molecule has 0 fully saturated rings. The first-order chi connectivity index (χ1) is 6.84. The summed E-state index contributed by atoms with van der Waals surface area (Å²) in [5.74, 6) is -0.0684. The Labute approximate surface area is 85.3 Å². The highest BCUT2D eigenvalue weighted by Crippen LogP contribution is 2.10. The minimum atomic E-state index is -0.0684. The summed E-state index contributed by atoms with van der Waals surface area (Å²) in [6, 6.07) is 7.03. The summed E-state index contributed by atoms with van der Waals surface area (Å²) in [6.07, 6.45) is 4.26.